The minimum atomic E-state index is -4.17. The molecule has 0 atom stereocenters. The maximum Gasteiger partial charge on any atom is 0.390 e. The first-order chi connectivity index (χ1) is 8.03. The number of halogens is 3. The van der Waals surface area contributed by atoms with E-state index in [9.17, 15) is 13.2 Å². The normalized spacial score (nSPS) is 10.9. The van der Waals surface area contributed by atoms with Crippen molar-refractivity contribution in [3.05, 3.63) is 30.3 Å². The summed E-state index contributed by atoms with van der Waals surface area (Å²) < 4.78 is 36.5. The molecule has 0 aliphatic rings. The zero-order chi connectivity index (χ0) is 12.7. The van der Waals surface area contributed by atoms with Crippen LogP contribution < -0.4 is 4.90 Å². The van der Waals surface area contributed by atoms with Crippen LogP contribution in [0.25, 0.3) is 0 Å². The smallest absolute Gasteiger partial charge is 0.370 e. The van der Waals surface area contributed by atoms with Gasteiger partial charge in [-0.15, -0.1) is 0 Å². The van der Waals surface area contributed by atoms with E-state index >= 15 is 0 Å². The number of rotatable bonds is 5. The Morgan fingerprint density at radius 1 is 1.12 bits per heavy atom. The summed E-state index contributed by atoms with van der Waals surface area (Å²) in [5, 5.41) is 8.49. The van der Waals surface area contributed by atoms with Gasteiger partial charge in [0.2, 0.25) is 0 Å². The Balaban J connectivity index is 2.65. The lowest BCUT2D eigenvalue weighted by molar-refractivity contribution is -0.132. The third kappa shape index (κ3) is 5.25. The van der Waals surface area contributed by atoms with Crippen molar-refractivity contribution >= 4 is 5.69 Å². The van der Waals surface area contributed by atoms with Crippen molar-refractivity contribution in [1.29, 1.82) is 5.26 Å². The minimum Gasteiger partial charge on any atom is -0.370 e. The minimum absolute atomic E-state index is 0.116. The number of hydrogen-bond donors (Lipinski definition) is 0. The quantitative estimate of drug-likeness (QED) is 0.791. The Morgan fingerprint density at radius 2 is 1.76 bits per heavy atom. The second-order valence-corrected chi connectivity index (χ2v) is 3.60. The Bertz CT molecular complexity index is 368. The molecule has 0 saturated carbocycles. The summed E-state index contributed by atoms with van der Waals surface area (Å²) >= 11 is 0. The van der Waals surface area contributed by atoms with Crippen LogP contribution in [0, 0.1) is 11.3 Å². The largest absolute Gasteiger partial charge is 0.390 e. The van der Waals surface area contributed by atoms with E-state index in [1.807, 2.05) is 6.07 Å². The number of anilines is 1. The van der Waals surface area contributed by atoms with E-state index in [0.717, 1.165) is 0 Å². The zero-order valence-electron chi connectivity index (χ0n) is 9.24. The first-order valence-corrected chi connectivity index (χ1v) is 5.26. The number of para-hydroxylation sites is 1. The van der Waals surface area contributed by atoms with Gasteiger partial charge in [0.05, 0.1) is 18.9 Å². The SMILES string of the molecule is N#CCCN(CCC(F)(F)F)c1ccccc1. The van der Waals surface area contributed by atoms with Gasteiger partial charge in [0.25, 0.3) is 0 Å². The van der Waals surface area contributed by atoms with Crippen molar-refractivity contribution in [2.75, 3.05) is 18.0 Å². The van der Waals surface area contributed by atoms with Crippen LogP contribution in [0.15, 0.2) is 30.3 Å². The molecule has 0 aliphatic heterocycles. The molecule has 0 fully saturated rings. The van der Waals surface area contributed by atoms with E-state index < -0.39 is 12.6 Å². The van der Waals surface area contributed by atoms with Crippen molar-refractivity contribution < 1.29 is 13.2 Å². The molecule has 1 rings (SSSR count). The Hall–Kier alpha value is -1.70. The number of nitrogens with zero attached hydrogens (tertiary/aromatic N) is 2. The van der Waals surface area contributed by atoms with Gasteiger partial charge in [-0.25, -0.2) is 0 Å². The van der Waals surface area contributed by atoms with E-state index in [1.165, 1.54) is 0 Å². The molecule has 0 N–H and O–H groups in total. The molecular weight excluding hydrogens is 229 g/mol. The van der Waals surface area contributed by atoms with Crippen LogP contribution in [0.1, 0.15) is 12.8 Å². The lowest BCUT2D eigenvalue weighted by Gasteiger charge is -2.24. The van der Waals surface area contributed by atoms with E-state index in [4.69, 9.17) is 5.26 Å². The van der Waals surface area contributed by atoms with Crippen LogP contribution in [-0.4, -0.2) is 19.3 Å². The van der Waals surface area contributed by atoms with Crippen molar-refractivity contribution in [3.8, 4) is 6.07 Å². The number of alkyl halides is 3. The van der Waals surface area contributed by atoms with Gasteiger partial charge >= 0.3 is 6.18 Å². The van der Waals surface area contributed by atoms with E-state index in [2.05, 4.69) is 0 Å². The molecule has 0 saturated heterocycles. The number of nitriles is 1. The molecule has 0 amide bonds. The molecule has 0 radical (unpaired) electrons. The molecule has 17 heavy (non-hydrogen) atoms. The van der Waals surface area contributed by atoms with Crippen LogP contribution in [0.4, 0.5) is 18.9 Å². The molecule has 92 valence electrons. The lowest BCUT2D eigenvalue weighted by atomic mass is 10.2. The summed E-state index contributed by atoms with van der Waals surface area (Å²) in [5.74, 6) is 0. The maximum absolute atomic E-state index is 12.2. The molecule has 0 aliphatic carbocycles. The molecule has 0 aromatic heterocycles. The molecule has 0 heterocycles. The maximum atomic E-state index is 12.2. The highest BCUT2D eigenvalue weighted by molar-refractivity contribution is 5.45. The predicted molar refractivity (Wildman–Crippen MR) is 59.6 cm³/mol. The van der Waals surface area contributed by atoms with Crippen LogP contribution >= 0.6 is 0 Å². The zero-order valence-corrected chi connectivity index (χ0v) is 9.24. The average Bonchev–Trinajstić information content (AvgIpc) is 2.29. The fourth-order valence-electron chi connectivity index (χ4n) is 1.46. The summed E-state index contributed by atoms with van der Waals surface area (Å²) in [6.45, 7) is 0.200. The fraction of sp³-hybridized carbons (Fsp3) is 0.417. The topological polar surface area (TPSA) is 27.0 Å². The van der Waals surface area contributed by atoms with Crippen LogP contribution in [0.3, 0.4) is 0 Å². The highest BCUT2D eigenvalue weighted by Gasteiger charge is 2.27. The fourth-order valence-corrected chi connectivity index (χ4v) is 1.46. The molecule has 0 bridgehead atoms. The van der Waals surface area contributed by atoms with Gasteiger partial charge in [-0.2, -0.15) is 18.4 Å². The molecule has 2 nitrogen and oxygen atoms in total. The molecular formula is C12H13F3N2. The monoisotopic (exact) mass is 242 g/mol. The van der Waals surface area contributed by atoms with Gasteiger partial charge in [-0.1, -0.05) is 18.2 Å². The Labute approximate surface area is 98.3 Å². The van der Waals surface area contributed by atoms with Crippen LogP contribution in [-0.2, 0) is 0 Å². The van der Waals surface area contributed by atoms with Gasteiger partial charge in [0.1, 0.15) is 0 Å². The van der Waals surface area contributed by atoms with Crippen molar-refractivity contribution in [3.63, 3.8) is 0 Å². The van der Waals surface area contributed by atoms with Gasteiger partial charge in [0, 0.05) is 18.8 Å². The second kappa shape index (κ2) is 6.14. The Morgan fingerprint density at radius 3 is 2.29 bits per heavy atom. The van der Waals surface area contributed by atoms with Crippen molar-refractivity contribution in [2.45, 2.75) is 19.0 Å². The van der Waals surface area contributed by atoms with Gasteiger partial charge < -0.3 is 4.90 Å². The van der Waals surface area contributed by atoms with Gasteiger partial charge in [0.15, 0.2) is 0 Å². The number of hydrogen-bond acceptors (Lipinski definition) is 2. The third-order valence-electron chi connectivity index (χ3n) is 2.28. The number of benzene rings is 1. The summed E-state index contributed by atoms with van der Waals surface area (Å²) in [5.41, 5.74) is 0.715. The first kappa shape index (κ1) is 13.4. The molecule has 5 heteroatoms. The highest BCUT2D eigenvalue weighted by Crippen LogP contribution is 2.22. The molecule has 0 unspecified atom stereocenters. The van der Waals surface area contributed by atoms with E-state index in [1.54, 1.807) is 35.2 Å². The Kier molecular flexibility index (Phi) is 4.83. The summed E-state index contributed by atoms with van der Waals surface area (Å²) in [6.07, 6.45) is -4.82. The standard InChI is InChI=1S/C12H13F3N2/c13-12(14,15)7-10-17(9-4-8-16)11-5-2-1-3-6-11/h1-3,5-6H,4,7,9-10H2. The van der Waals surface area contributed by atoms with Crippen molar-refractivity contribution in [1.82, 2.24) is 0 Å². The third-order valence-corrected chi connectivity index (χ3v) is 2.28. The van der Waals surface area contributed by atoms with E-state index in [-0.39, 0.29) is 13.0 Å². The average molecular weight is 242 g/mol. The van der Waals surface area contributed by atoms with Crippen LogP contribution in [0.2, 0.25) is 0 Å². The van der Waals surface area contributed by atoms with Crippen LogP contribution in [0.5, 0.6) is 0 Å². The summed E-state index contributed by atoms with van der Waals surface area (Å²) in [4.78, 5) is 1.58. The van der Waals surface area contributed by atoms with Gasteiger partial charge in [-0.05, 0) is 12.1 Å². The predicted octanol–water partition coefficient (Wildman–Crippen LogP) is 3.36. The first-order valence-electron chi connectivity index (χ1n) is 5.26. The second-order valence-electron chi connectivity index (χ2n) is 3.60. The van der Waals surface area contributed by atoms with Crippen molar-refractivity contribution in [2.24, 2.45) is 0 Å². The summed E-state index contributed by atoms with van der Waals surface area (Å²) in [6, 6.07) is 10.8. The lowest BCUT2D eigenvalue weighted by Crippen LogP contribution is -2.28. The van der Waals surface area contributed by atoms with E-state index in [0.29, 0.717) is 12.2 Å². The molecule has 1 aromatic rings. The molecule has 1 aromatic carbocycles. The highest BCUT2D eigenvalue weighted by atomic mass is 19.4. The summed E-state index contributed by atoms with van der Waals surface area (Å²) in [7, 11) is 0. The molecule has 0 spiro atoms. The van der Waals surface area contributed by atoms with Gasteiger partial charge in [-0.3, -0.25) is 0 Å².